The molecule has 6 nitrogen and oxygen atoms in total. The topological polar surface area (TPSA) is 102 Å². The molecule has 0 saturated carbocycles. The molecular weight excluding hydrogens is 280 g/mol. The van der Waals surface area contributed by atoms with E-state index in [1.54, 1.807) is 18.2 Å². The Morgan fingerprint density at radius 2 is 1.90 bits per heavy atom. The standard InChI is InChI=1S/C13H14N2O4S/c14-20(17,18)12-3-1-10(2-4-12)5-7-15-13(16)11-6-8-19-9-11/h1-4,6,8-9H,5,7H2,(H,15,16)(H2,14,17,18). The summed E-state index contributed by atoms with van der Waals surface area (Å²) in [7, 11) is -3.66. The molecule has 1 amide bonds. The molecular formula is C13H14N2O4S. The number of hydrogen-bond donors (Lipinski definition) is 2. The van der Waals surface area contributed by atoms with E-state index in [0.717, 1.165) is 5.56 Å². The van der Waals surface area contributed by atoms with Crippen LogP contribution in [-0.4, -0.2) is 20.9 Å². The summed E-state index contributed by atoms with van der Waals surface area (Å²) >= 11 is 0. The SMILES string of the molecule is NS(=O)(=O)c1ccc(CCNC(=O)c2ccoc2)cc1. The minimum Gasteiger partial charge on any atom is -0.472 e. The van der Waals surface area contributed by atoms with E-state index in [9.17, 15) is 13.2 Å². The fourth-order valence-electron chi connectivity index (χ4n) is 1.66. The van der Waals surface area contributed by atoms with Gasteiger partial charge in [-0.05, 0) is 30.2 Å². The second-order valence-corrected chi connectivity index (χ2v) is 5.77. The van der Waals surface area contributed by atoms with Gasteiger partial charge in [0.05, 0.1) is 16.7 Å². The number of furan rings is 1. The van der Waals surface area contributed by atoms with E-state index in [1.807, 2.05) is 0 Å². The zero-order valence-electron chi connectivity index (χ0n) is 10.6. The van der Waals surface area contributed by atoms with Crippen molar-refractivity contribution in [1.29, 1.82) is 0 Å². The lowest BCUT2D eigenvalue weighted by molar-refractivity contribution is 0.0953. The maximum Gasteiger partial charge on any atom is 0.254 e. The second kappa shape index (κ2) is 5.89. The number of primary sulfonamides is 1. The quantitative estimate of drug-likeness (QED) is 0.855. The van der Waals surface area contributed by atoms with E-state index in [4.69, 9.17) is 9.56 Å². The molecule has 1 aromatic heterocycles. The van der Waals surface area contributed by atoms with Crippen molar-refractivity contribution in [2.45, 2.75) is 11.3 Å². The highest BCUT2D eigenvalue weighted by Gasteiger charge is 2.08. The third-order valence-electron chi connectivity index (χ3n) is 2.73. The number of nitrogens with one attached hydrogen (secondary N) is 1. The van der Waals surface area contributed by atoms with E-state index < -0.39 is 10.0 Å². The van der Waals surface area contributed by atoms with Gasteiger partial charge in [0, 0.05) is 6.54 Å². The first-order chi connectivity index (χ1) is 9.47. The molecule has 0 radical (unpaired) electrons. The van der Waals surface area contributed by atoms with Crippen molar-refractivity contribution in [3.8, 4) is 0 Å². The van der Waals surface area contributed by atoms with Gasteiger partial charge in [-0.1, -0.05) is 12.1 Å². The van der Waals surface area contributed by atoms with Gasteiger partial charge in [-0.3, -0.25) is 4.79 Å². The van der Waals surface area contributed by atoms with Gasteiger partial charge >= 0.3 is 0 Å². The number of carbonyl (C=O) groups is 1. The monoisotopic (exact) mass is 294 g/mol. The molecule has 0 fully saturated rings. The van der Waals surface area contributed by atoms with E-state index in [0.29, 0.717) is 18.5 Å². The lowest BCUT2D eigenvalue weighted by atomic mass is 10.1. The van der Waals surface area contributed by atoms with Gasteiger partial charge in [0.25, 0.3) is 5.91 Å². The first-order valence-corrected chi connectivity index (χ1v) is 7.43. The van der Waals surface area contributed by atoms with E-state index in [1.165, 1.54) is 24.7 Å². The minimum atomic E-state index is -3.66. The van der Waals surface area contributed by atoms with Crippen LogP contribution in [-0.2, 0) is 16.4 Å². The van der Waals surface area contributed by atoms with Crippen molar-refractivity contribution in [1.82, 2.24) is 5.32 Å². The summed E-state index contributed by atoms with van der Waals surface area (Å²) in [5.74, 6) is -0.208. The molecule has 0 aliphatic heterocycles. The van der Waals surface area contributed by atoms with Gasteiger partial charge in [-0.25, -0.2) is 13.6 Å². The molecule has 0 spiro atoms. The lowest BCUT2D eigenvalue weighted by Gasteiger charge is -2.04. The van der Waals surface area contributed by atoms with Gasteiger partial charge < -0.3 is 9.73 Å². The Hall–Kier alpha value is -2.12. The fourth-order valence-corrected chi connectivity index (χ4v) is 2.18. The number of hydrogen-bond acceptors (Lipinski definition) is 4. The van der Waals surface area contributed by atoms with E-state index >= 15 is 0 Å². The van der Waals surface area contributed by atoms with Crippen LogP contribution in [0.5, 0.6) is 0 Å². The predicted molar refractivity (Wildman–Crippen MR) is 72.6 cm³/mol. The molecule has 2 aromatic rings. The lowest BCUT2D eigenvalue weighted by Crippen LogP contribution is -2.25. The largest absolute Gasteiger partial charge is 0.472 e. The number of benzene rings is 1. The van der Waals surface area contributed by atoms with Crippen molar-refractivity contribution in [2.24, 2.45) is 5.14 Å². The summed E-state index contributed by atoms with van der Waals surface area (Å²) in [5.41, 5.74) is 1.37. The molecule has 1 heterocycles. The molecule has 20 heavy (non-hydrogen) atoms. The van der Waals surface area contributed by atoms with Crippen molar-refractivity contribution in [3.05, 3.63) is 54.0 Å². The van der Waals surface area contributed by atoms with Crippen LogP contribution in [0.25, 0.3) is 0 Å². The average Bonchev–Trinajstić information content (AvgIpc) is 2.92. The summed E-state index contributed by atoms with van der Waals surface area (Å²) in [5, 5.41) is 7.74. The van der Waals surface area contributed by atoms with Crippen molar-refractivity contribution in [3.63, 3.8) is 0 Å². The summed E-state index contributed by atoms with van der Waals surface area (Å²) in [6.07, 6.45) is 3.39. The summed E-state index contributed by atoms with van der Waals surface area (Å²) in [4.78, 5) is 11.7. The molecule has 0 aliphatic carbocycles. The highest BCUT2D eigenvalue weighted by atomic mass is 32.2. The molecule has 0 unspecified atom stereocenters. The number of sulfonamides is 1. The van der Waals surface area contributed by atoms with Crippen molar-refractivity contribution >= 4 is 15.9 Å². The van der Waals surface area contributed by atoms with Crippen LogP contribution in [0.3, 0.4) is 0 Å². The van der Waals surface area contributed by atoms with Crippen LogP contribution in [0, 0.1) is 0 Å². The second-order valence-electron chi connectivity index (χ2n) is 4.21. The predicted octanol–water partition coefficient (Wildman–Crippen LogP) is 0.899. The molecule has 1 aromatic carbocycles. The maximum atomic E-state index is 11.6. The van der Waals surface area contributed by atoms with Gasteiger partial charge in [-0.15, -0.1) is 0 Å². The van der Waals surface area contributed by atoms with Crippen LogP contribution in [0.1, 0.15) is 15.9 Å². The number of amides is 1. The first kappa shape index (κ1) is 14.3. The van der Waals surface area contributed by atoms with Gasteiger partial charge in [0.15, 0.2) is 0 Å². The Bertz CT molecular complexity index is 676. The molecule has 2 rings (SSSR count). The summed E-state index contributed by atoms with van der Waals surface area (Å²) < 4.78 is 27.0. The average molecular weight is 294 g/mol. The Balaban J connectivity index is 1.87. The van der Waals surface area contributed by atoms with Gasteiger partial charge in [0.2, 0.25) is 10.0 Å². The molecule has 3 N–H and O–H groups in total. The van der Waals surface area contributed by atoms with E-state index in [-0.39, 0.29) is 10.8 Å². The van der Waals surface area contributed by atoms with Crippen LogP contribution in [0.4, 0.5) is 0 Å². The van der Waals surface area contributed by atoms with Gasteiger partial charge in [-0.2, -0.15) is 0 Å². The molecule has 0 bridgehead atoms. The molecule has 106 valence electrons. The maximum absolute atomic E-state index is 11.6. The van der Waals surface area contributed by atoms with Crippen LogP contribution >= 0.6 is 0 Å². The first-order valence-electron chi connectivity index (χ1n) is 5.89. The third-order valence-corrected chi connectivity index (χ3v) is 3.66. The molecule has 0 atom stereocenters. The zero-order valence-corrected chi connectivity index (χ0v) is 11.4. The van der Waals surface area contributed by atoms with Crippen LogP contribution in [0.15, 0.2) is 52.2 Å². The normalized spacial score (nSPS) is 11.2. The Morgan fingerprint density at radius 1 is 1.20 bits per heavy atom. The Morgan fingerprint density at radius 3 is 2.45 bits per heavy atom. The highest BCUT2D eigenvalue weighted by Crippen LogP contribution is 2.09. The van der Waals surface area contributed by atoms with Crippen LogP contribution < -0.4 is 10.5 Å². The molecule has 0 saturated heterocycles. The number of nitrogens with two attached hydrogens (primary N) is 1. The van der Waals surface area contributed by atoms with Gasteiger partial charge in [0.1, 0.15) is 6.26 Å². The Kier molecular flexibility index (Phi) is 4.21. The van der Waals surface area contributed by atoms with Crippen molar-refractivity contribution < 1.29 is 17.6 Å². The highest BCUT2D eigenvalue weighted by molar-refractivity contribution is 7.89. The third kappa shape index (κ3) is 3.69. The molecule has 7 heteroatoms. The van der Waals surface area contributed by atoms with Crippen molar-refractivity contribution in [2.75, 3.05) is 6.54 Å². The zero-order chi connectivity index (χ0) is 14.6. The van der Waals surface area contributed by atoms with E-state index in [2.05, 4.69) is 5.32 Å². The number of carbonyl (C=O) groups excluding carboxylic acids is 1. The Labute approximate surface area is 116 Å². The minimum absolute atomic E-state index is 0.0729. The fraction of sp³-hybridized carbons (Fsp3) is 0.154. The van der Waals surface area contributed by atoms with Crippen LogP contribution in [0.2, 0.25) is 0 Å². The summed E-state index contributed by atoms with van der Waals surface area (Å²) in [6, 6.07) is 7.81. The summed E-state index contributed by atoms with van der Waals surface area (Å²) in [6.45, 7) is 0.443. The number of rotatable bonds is 5. The molecule has 0 aliphatic rings. The smallest absolute Gasteiger partial charge is 0.254 e.